The van der Waals surface area contributed by atoms with Crippen molar-refractivity contribution in [2.24, 2.45) is 0 Å². The Morgan fingerprint density at radius 3 is 2.61 bits per heavy atom. The summed E-state index contributed by atoms with van der Waals surface area (Å²) in [6, 6.07) is 10.1. The van der Waals surface area contributed by atoms with E-state index in [4.69, 9.17) is 14.2 Å². The molecule has 0 spiro atoms. The zero-order valence-electron chi connectivity index (χ0n) is 15.7. The van der Waals surface area contributed by atoms with Crippen LogP contribution in [0.2, 0.25) is 0 Å². The number of para-hydroxylation sites is 1. The van der Waals surface area contributed by atoms with E-state index in [-0.39, 0.29) is 12.0 Å². The molecule has 0 unspecified atom stereocenters. The van der Waals surface area contributed by atoms with Crippen molar-refractivity contribution in [3.05, 3.63) is 64.1 Å². The van der Waals surface area contributed by atoms with Gasteiger partial charge in [0.25, 0.3) is 5.56 Å². The van der Waals surface area contributed by atoms with Crippen LogP contribution in [0.5, 0.6) is 17.4 Å². The van der Waals surface area contributed by atoms with Crippen molar-refractivity contribution in [1.29, 1.82) is 0 Å². The van der Waals surface area contributed by atoms with Crippen molar-refractivity contribution in [3.8, 4) is 17.4 Å². The maximum atomic E-state index is 13.1. The summed E-state index contributed by atoms with van der Waals surface area (Å²) in [7, 11) is 4.20. The Hall–Kier alpha value is -3.55. The number of hydrogen-bond donors (Lipinski definition) is 1. The van der Waals surface area contributed by atoms with E-state index in [1.165, 1.54) is 25.7 Å². The average Bonchev–Trinajstić information content (AvgIpc) is 2.72. The van der Waals surface area contributed by atoms with Crippen molar-refractivity contribution >= 4 is 11.6 Å². The number of carbonyl (C=O) groups is 1. The van der Waals surface area contributed by atoms with E-state index in [2.05, 4.69) is 4.98 Å². The molecule has 0 radical (unpaired) electrons. The normalized spacial score (nSPS) is 11.8. The van der Waals surface area contributed by atoms with Crippen molar-refractivity contribution in [3.63, 3.8) is 0 Å². The van der Waals surface area contributed by atoms with Gasteiger partial charge in [-0.1, -0.05) is 18.2 Å². The van der Waals surface area contributed by atoms with E-state index in [1.807, 2.05) is 0 Å². The van der Waals surface area contributed by atoms with Crippen molar-refractivity contribution < 1.29 is 24.1 Å². The monoisotopic (exact) mass is 384 g/mol. The Morgan fingerprint density at radius 1 is 1.14 bits per heavy atom. The first-order valence-corrected chi connectivity index (χ1v) is 8.49. The van der Waals surface area contributed by atoms with Crippen LogP contribution in [0.3, 0.4) is 0 Å². The predicted molar refractivity (Wildman–Crippen MR) is 101 cm³/mol. The third-order valence-electron chi connectivity index (χ3n) is 4.50. The molecule has 0 saturated carbocycles. The maximum absolute atomic E-state index is 13.1. The number of methoxy groups -OCH3 is 3. The van der Waals surface area contributed by atoms with Crippen molar-refractivity contribution in [2.45, 2.75) is 12.3 Å². The molecule has 8 nitrogen and oxygen atoms in total. The number of nitrogens with zero attached hydrogens (tertiary/aromatic N) is 2. The third-order valence-corrected chi connectivity index (χ3v) is 4.50. The van der Waals surface area contributed by atoms with Gasteiger partial charge in [-0.25, -0.2) is 0 Å². The summed E-state index contributed by atoms with van der Waals surface area (Å²) in [5.41, 5.74) is 0.281. The zero-order chi connectivity index (χ0) is 20.3. The number of hydrogen-bond acceptors (Lipinski definition) is 7. The molecule has 0 aliphatic heterocycles. The highest BCUT2D eigenvalue weighted by atomic mass is 16.5. The fourth-order valence-electron chi connectivity index (χ4n) is 3.20. The van der Waals surface area contributed by atoms with Gasteiger partial charge in [-0.2, -0.15) is 4.98 Å². The summed E-state index contributed by atoms with van der Waals surface area (Å²) < 4.78 is 16.9. The first kappa shape index (κ1) is 19.2. The van der Waals surface area contributed by atoms with Crippen LogP contribution < -0.4 is 15.0 Å². The molecule has 28 heavy (non-hydrogen) atoms. The molecule has 8 heteroatoms. The molecular weight excluding hydrogens is 364 g/mol. The number of carbonyl (C=O) groups excluding carboxylic acids is 1. The fourth-order valence-corrected chi connectivity index (χ4v) is 3.20. The van der Waals surface area contributed by atoms with E-state index in [0.29, 0.717) is 22.7 Å². The number of aromatic nitrogens is 2. The predicted octanol–water partition coefficient (Wildman–Crippen LogP) is 2.11. The van der Waals surface area contributed by atoms with Crippen LogP contribution in [0.15, 0.2) is 47.4 Å². The van der Waals surface area contributed by atoms with Crippen LogP contribution in [-0.2, 0) is 9.53 Å². The lowest BCUT2D eigenvalue weighted by molar-refractivity contribution is -0.140. The molecule has 0 aliphatic rings. The van der Waals surface area contributed by atoms with E-state index < -0.39 is 23.3 Å². The number of aromatic hydroxyl groups is 1. The zero-order valence-corrected chi connectivity index (χ0v) is 15.7. The highest BCUT2D eigenvalue weighted by Crippen LogP contribution is 2.41. The number of esters is 1. The van der Waals surface area contributed by atoms with Gasteiger partial charge in [0, 0.05) is 17.7 Å². The minimum atomic E-state index is -0.852. The molecule has 2 heterocycles. The average molecular weight is 384 g/mol. The molecule has 1 N–H and O–H groups in total. The highest BCUT2D eigenvalue weighted by Gasteiger charge is 2.30. The van der Waals surface area contributed by atoms with Crippen LogP contribution in [0.1, 0.15) is 23.5 Å². The standard InChI is InChI=1S/C20H20N2O6/c1-26-14-8-6-7-12(18(14)28-3)13(11-16(23)27-2)17-19(24)21-15-9-4-5-10-22(15)20(17)25/h4-10,13,24H,11H2,1-3H3/t13-/m0/s1. The molecular formula is C20H20N2O6. The largest absolute Gasteiger partial charge is 0.493 e. The molecule has 146 valence electrons. The number of ether oxygens (including phenoxy) is 3. The Bertz CT molecular complexity index is 1080. The molecule has 2 aromatic heterocycles. The first-order valence-electron chi connectivity index (χ1n) is 8.49. The number of pyridine rings is 1. The molecule has 1 aromatic carbocycles. The SMILES string of the molecule is COC(=O)C[C@@H](c1cccc(OC)c1OC)c1c(O)nc2ccccn2c1=O. The van der Waals surface area contributed by atoms with Crippen molar-refractivity contribution in [2.75, 3.05) is 21.3 Å². The van der Waals surface area contributed by atoms with E-state index in [0.717, 1.165) is 0 Å². The second kappa shape index (κ2) is 7.99. The minimum absolute atomic E-state index is 0.0272. The van der Waals surface area contributed by atoms with Gasteiger partial charge in [-0.05, 0) is 18.2 Å². The topological polar surface area (TPSA) is 99.4 Å². The van der Waals surface area contributed by atoms with Gasteiger partial charge < -0.3 is 19.3 Å². The molecule has 0 bridgehead atoms. The van der Waals surface area contributed by atoms with Crippen LogP contribution in [0.4, 0.5) is 0 Å². The van der Waals surface area contributed by atoms with Gasteiger partial charge in [0.15, 0.2) is 11.5 Å². The lowest BCUT2D eigenvalue weighted by Gasteiger charge is -2.21. The maximum Gasteiger partial charge on any atom is 0.306 e. The van der Waals surface area contributed by atoms with Gasteiger partial charge in [0.2, 0.25) is 5.88 Å². The third kappa shape index (κ3) is 3.36. The van der Waals surface area contributed by atoms with Gasteiger partial charge >= 0.3 is 5.97 Å². The van der Waals surface area contributed by atoms with Gasteiger partial charge in [-0.3, -0.25) is 14.0 Å². The summed E-state index contributed by atoms with van der Waals surface area (Å²) in [5, 5.41) is 10.5. The smallest absolute Gasteiger partial charge is 0.306 e. The van der Waals surface area contributed by atoms with E-state index >= 15 is 0 Å². The lowest BCUT2D eigenvalue weighted by atomic mass is 9.88. The Morgan fingerprint density at radius 2 is 1.93 bits per heavy atom. The highest BCUT2D eigenvalue weighted by molar-refractivity contribution is 5.72. The molecule has 1 atom stereocenters. The molecule has 0 fully saturated rings. The van der Waals surface area contributed by atoms with Crippen LogP contribution >= 0.6 is 0 Å². The quantitative estimate of drug-likeness (QED) is 0.650. The van der Waals surface area contributed by atoms with Crippen LogP contribution in [0.25, 0.3) is 5.65 Å². The second-order valence-corrected chi connectivity index (χ2v) is 6.00. The molecule has 0 amide bonds. The number of rotatable bonds is 6. The number of benzene rings is 1. The fraction of sp³-hybridized carbons (Fsp3) is 0.250. The summed E-state index contributed by atoms with van der Waals surface area (Å²) in [5.74, 6) is -1.06. The van der Waals surface area contributed by atoms with E-state index in [1.54, 1.807) is 42.6 Å². The molecule has 3 aromatic rings. The van der Waals surface area contributed by atoms with Crippen LogP contribution in [-0.4, -0.2) is 41.8 Å². The summed E-state index contributed by atoms with van der Waals surface area (Å²) in [4.78, 5) is 29.3. The Labute approximate surface area is 160 Å². The minimum Gasteiger partial charge on any atom is -0.493 e. The van der Waals surface area contributed by atoms with Gasteiger partial charge in [0.05, 0.1) is 33.3 Å². The van der Waals surface area contributed by atoms with Crippen molar-refractivity contribution in [1.82, 2.24) is 9.38 Å². The molecule has 3 rings (SSSR count). The molecule has 0 saturated heterocycles. The lowest BCUT2D eigenvalue weighted by Crippen LogP contribution is -2.24. The summed E-state index contributed by atoms with van der Waals surface area (Å²) >= 11 is 0. The van der Waals surface area contributed by atoms with Crippen LogP contribution in [0, 0.1) is 0 Å². The first-order chi connectivity index (χ1) is 13.5. The van der Waals surface area contributed by atoms with E-state index in [9.17, 15) is 14.7 Å². The Balaban J connectivity index is 2.30. The number of fused-ring (bicyclic) bond motifs is 1. The van der Waals surface area contributed by atoms with Gasteiger partial charge in [-0.15, -0.1) is 0 Å². The second-order valence-electron chi connectivity index (χ2n) is 6.00. The summed E-state index contributed by atoms with van der Waals surface area (Å²) in [6.45, 7) is 0. The van der Waals surface area contributed by atoms with Gasteiger partial charge in [0.1, 0.15) is 5.65 Å². The molecule has 0 aliphatic carbocycles. The summed E-state index contributed by atoms with van der Waals surface area (Å²) in [6.07, 6.45) is 1.36. The Kier molecular flexibility index (Phi) is 5.49.